The minimum absolute atomic E-state index is 0. The molecule has 2 aromatic rings. The van der Waals surface area contributed by atoms with Gasteiger partial charge in [-0.15, -0.1) is 24.0 Å². The van der Waals surface area contributed by atoms with E-state index in [1.54, 1.807) is 14.2 Å². The van der Waals surface area contributed by atoms with Crippen LogP contribution in [0.25, 0.3) is 0 Å². The quantitative estimate of drug-likeness (QED) is 0.245. The number of carbonyl (C=O) groups is 1. The highest BCUT2D eigenvalue weighted by Crippen LogP contribution is 2.27. The van der Waals surface area contributed by atoms with E-state index in [9.17, 15) is 4.79 Å². The first-order valence-corrected chi connectivity index (χ1v) is 10.2. The van der Waals surface area contributed by atoms with E-state index < -0.39 is 0 Å². The van der Waals surface area contributed by atoms with E-state index >= 15 is 0 Å². The second-order valence-electron chi connectivity index (χ2n) is 6.62. The predicted molar refractivity (Wildman–Crippen MR) is 136 cm³/mol. The van der Waals surface area contributed by atoms with Gasteiger partial charge in [0.25, 0.3) is 5.91 Å². The zero-order chi connectivity index (χ0) is 21.8. The van der Waals surface area contributed by atoms with E-state index in [1.165, 1.54) is 0 Å². The van der Waals surface area contributed by atoms with E-state index in [4.69, 9.17) is 9.47 Å². The Balaban J connectivity index is 0.00000480. The van der Waals surface area contributed by atoms with E-state index in [0.29, 0.717) is 18.7 Å². The molecule has 0 spiro atoms. The number of guanidine groups is 1. The first-order valence-electron chi connectivity index (χ1n) is 10.2. The van der Waals surface area contributed by atoms with Crippen LogP contribution in [0.1, 0.15) is 35.3 Å². The summed E-state index contributed by atoms with van der Waals surface area (Å²) >= 11 is 0. The lowest BCUT2D eigenvalue weighted by Crippen LogP contribution is -2.38. The third-order valence-corrected chi connectivity index (χ3v) is 4.44. The molecule has 0 saturated heterocycles. The lowest BCUT2D eigenvalue weighted by Gasteiger charge is -2.13. The standard InChI is InChI=1S/C23H32N4O3.HI/c1-5-24-22(28)19-9-7-8-18(14-19)16-27-23(25-6-2)26-13-12-17-10-11-20(29-3)21(15-17)30-4;/h7-11,14-15H,5-6,12-13,16H2,1-4H3,(H,24,28)(H2,25,26,27);1H. The summed E-state index contributed by atoms with van der Waals surface area (Å²) in [6.45, 7) is 6.51. The number of methoxy groups -OCH3 is 2. The van der Waals surface area contributed by atoms with Gasteiger partial charge in [-0.3, -0.25) is 4.79 Å². The van der Waals surface area contributed by atoms with Crippen LogP contribution in [0.4, 0.5) is 0 Å². The van der Waals surface area contributed by atoms with Crippen LogP contribution in [0.15, 0.2) is 47.5 Å². The molecule has 0 unspecified atom stereocenters. The van der Waals surface area contributed by atoms with Crippen molar-refractivity contribution in [3.8, 4) is 11.5 Å². The molecule has 0 fully saturated rings. The number of hydrogen-bond donors (Lipinski definition) is 3. The molecule has 0 aliphatic heterocycles. The number of aliphatic imine (C=N–C) groups is 1. The Labute approximate surface area is 202 Å². The third kappa shape index (κ3) is 8.64. The van der Waals surface area contributed by atoms with Crippen molar-refractivity contribution in [2.75, 3.05) is 33.9 Å². The highest BCUT2D eigenvalue weighted by molar-refractivity contribution is 14.0. The van der Waals surface area contributed by atoms with Crippen molar-refractivity contribution in [3.63, 3.8) is 0 Å². The van der Waals surface area contributed by atoms with Crippen molar-refractivity contribution in [2.45, 2.75) is 26.8 Å². The normalized spacial score (nSPS) is 10.6. The second kappa shape index (κ2) is 14.5. The van der Waals surface area contributed by atoms with Crippen LogP contribution >= 0.6 is 24.0 Å². The summed E-state index contributed by atoms with van der Waals surface area (Å²) in [7, 11) is 3.26. The highest BCUT2D eigenvalue weighted by Gasteiger charge is 2.06. The van der Waals surface area contributed by atoms with E-state index in [2.05, 4.69) is 20.9 Å². The van der Waals surface area contributed by atoms with Crippen molar-refractivity contribution >= 4 is 35.8 Å². The number of nitrogens with zero attached hydrogens (tertiary/aromatic N) is 1. The number of hydrogen-bond acceptors (Lipinski definition) is 4. The van der Waals surface area contributed by atoms with Crippen molar-refractivity contribution in [3.05, 3.63) is 59.2 Å². The maximum absolute atomic E-state index is 12.0. The molecule has 0 radical (unpaired) electrons. The Bertz CT molecular complexity index is 858. The minimum atomic E-state index is -0.0664. The van der Waals surface area contributed by atoms with Gasteiger partial charge in [-0.1, -0.05) is 18.2 Å². The number of nitrogens with one attached hydrogen (secondary N) is 3. The third-order valence-electron chi connectivity index (χ3n) is 4.44. The zero-order valence-electron chi connectivity index (χ0n) is 18.7. The molecule has 2 rings (SSSR count). The van der Waals surface area contributed by atoms with E-state index in [0.717, 1.165) is 48.1 Å². The average Bonchev–Trinajstić information content (AvgIpc) is 2.77. The van der Waals surface area contributed by atoms with E-state index in [1.807, 2.05) is 56.3 Å². The lowest BCUT2D eigenvalue weighted by atomic mass is 10.1. The van der Waals surface area contributed by atoms with Crippen LogP contribution in [0.3, 0.4) is 0 Å². The molecular formula is C23H33IN4O3. The van der Waals surface area contributed by atoms with Gasteiger partial charge in [0.15, 0.2) is 17.5 Å². The molecule has 0 aliphatic rings. The summed E-state index contributed by atoms with van der Waals surface area (Å²) < 4.78 is 10.6. The summed E-state index contributed by atoms with van der Waals surface area (Å²) in [6.07, 6.45) is 0.817. The summed E-state index contributed by atoms with van der Waals surface area (Å²) in [4.78, 5) is 16.7. The van der Waals surface area contributed by atoms with Crippen LogP contribution in [0, 0.1) is 0 Å². The SMILES string of the molecule is CCNC(=O)c1cccc(CN=C(NCC)NCCc2ccc(OC)c(OC)c2)c1.I. The van der Waals surface area contributed by atoms with Gasteiger partial charge in [0.1, 0.15) is 0 Å². The van der Waals surface area contributed by atoms with Crippen molar-refractivity contribution in [1.29, 1.82) is 0 Å². The summed E-state index contributed by atoms with van der Waals surface area (Å²) in [5.41, 5.74) is 2.78. The molecule has 8 heteroatoms. The molecule has 0 aliphatic carbocycles. The van der Waals surface area contributed by atoms with Gasteiger partial charge >= 0.3 is 0 Å². The fraction of sp³-hybridized carbons (Fsp3) is 0.391. The minimum Gasteiger partial charge on any atom is -0.493 e. The van der Waals surface area contributed by atoms with Crippen LogP contribution < -0.4 is 25.4 Å². The Hall–Kier alpha value is -2.49. The van der Waals surface area contributed by atoms with E-state index in [-0.39, 0.29) is 29.9 Å². The molecule has 170 valence electrons. The molecule has 0 atom stereocenters. The Morgan fingerprint density at radius 1 is 0.903 bits per heavy atom. The smallest absolute Gasteiger partial charge is 0.251 e. The van der Waals surface area contributed by atoms with Gasteiger partial charge in [0, 0.05) is 25.2 Å². The average molecular weight is 540 g/mol. The number of amides is 1. The summed E-state index contributed by atoms with van der Waals surface area (Å²) in [5.74, 6) is 2.12. The second-order valence-corrected chi connectivity index (χ2v) is 6.62. The molecule has 0 aromatic heterocycles. The van der Waals surface area contributed by atoms with Gasteiger partial charge in [-0.25, -0.2) is 4.99 Å². The topological polar surface area (TPSA) is 84.0 Å². The molecule has 2 aromatic carbocycles. The van der Waals surface area contributed by atoms with Gasteiger partial charge in [0.2, 0.25) is 0 Å². The molecule has 0 heterocycles. The van der Waals surface area contributed by atoms with Gasteiger partial charge in [-0.2, -0.15) is 0 Å². The van der Waals surface area contributed by atoms with Crippen LogP contribution in [0.2, 0.25) is 0 Å². The zero-order valence-corrected chi connectivity index (χ0v) is 21.0. The molecule has 3 N–H and O–H groups in total. The first kappa shape index (κ1) is 26.5. The van der Waals surface area contributed by atoms with Crippen molar-refractivity contribution in [1.82, 2.24) is 16.0 Å². The number of halogens is 1. The Morgan fingerprint density at radius 3 is 2.32 bits per heavy atom. The fourth-order valence-corrected chi connectivity index (χ4v) is 2.95. The highest BCUT2D eigenvalue weighted by atomic mass is 127. The van der Waals surface area contributed by atoms with Gasteiger partial charge < -0.3 is 25.4 Å². The molecule has 0 saturated carbocycles. The van der Waals surface area contributed by atoms with Gasteiger partial charge in [0.05, 0.1) is 20.8 Å². The molecule has 7 nitrogen and oxygen atoms in total. The molecular weight excluding hydrogens is 507 g/mol. The Kier molecular flexibility index (Phi) is 12.4. The van der Waals surface area contributed by atoms with Crippen LogP contribution in [0.5, 0.6) is 11.5 Å². The number of rotatable bonds is 10. The first-order chi connectivity index (χ1) is 14.6. The predicted octanol–water partition coefficient (Wildman–Crippen LogP) is 3.37. The monoisotopic (exact) mass is 540 g/mol. The lowest BCUT2D eigenvalue weighted by molar-refractivity contribution is 0.0955. The molecule has 31 heavy (non-hydrogen) atoms. The molecule has 0 bridgehead atoms. The maximum atomic E-state index is 12.0. The number of carbonyl (C=O) groups excluding carboxylic acids is 1. The fourth-order valence-electron chi connectivity index (χ4n) is 2.95. The van der Waals surface area contributed by atoms with Crippen LogP contribution in [-0.4, -0.2) is 45.7 Å². The number of ether oxygens (including phenoxy) is 2. The van der Waals surface area contributed by atoms with Gasteiger partial charge in [-0.05, 0) is 55.7 Å². The Morgan fingerprint density at radius 2 is 1.65 bits per heavy atom. The summed E-state index contributed by atoms with van der Waals surface area (Å²) in [6, 6.07) is 13.5. The van der Waals surface area contributed by atoms with Crippen molar-refractivity contribution in [2.24, 2.45) is 4.99 Å². The van der Waals surface area contributed by atoms with Crippen molar-refractivity contribution < 1.29 is 14.3 Å². The maximum Gasteiger partial charge on any atom is 0.251 e. The summed E-state index contributed by atoms with van der Waals surface area (Å²) in [5, 5.41) is 9.42. The molecule has 1 amide bonds. The number of benzene rings is 2. The van der Waals surface area contributed by atoms with Crippen LogP contribution in [-0.2, 0) is 13.0 Å². The largest absolute Gasteiger partial charge is 0.493 e.